The summed E-state index contributed by atoms with van der Waals surface area (Å²) in [5, 5.41) is 13.2. The summed E-state index contributed by atoms with van der Waals surface area (Å²) >= 11 is 0. The molecule has 3 nitrogen and oxygen atoms in total. The molecule has 20 heavy (non-hydrogen) atoms. The SMILES string of the molecule is Cc1ccccc1COc1ccc2c(c1)C(O)CNC2. The van der Waals surface area contributed by atoms with E-state index in [1.807, 2.05) is 30.3 Å². The van der Waals surface area contributed by atoms with Gasteiger partial charge in [0, 0.05) is 13.1 Å². The van der Waals surface area contributed by atoms with Crippen LogP contribution in [0.1, 0.15) is 28.4 Å². The van der Waals surface area contributed by atoms with Gasteiger partial charge in [-0.1, -0.05) is 30.3 Å². The van der Waals surface area contributed by atoms with E-state index in [2.05, 4.69) is 24.4 Å². The van der Waals surface area contributed by atoms with Crippen LogP contribution in [0, 0.1) is 6.92 Å². The summed E-state index contributed by atoms with van der Waals surface area (Å²) < 4.78 is 5.86. The first-order valence-electron chi connectivity index (χ1n) is 6.93. The van der Waals surface area contributed by atoms with Gasteiger partial charge in [-0.3, -0.25) is 0 Å². The van der Waals surface area contributed by atoms with E-state index in [-0.39, 0.29) is 0 Å². The number of aliphatic hydroxyl groups is 1. The Bertz CT molecular complexity index is 610. The first-order chi connectivity index (χ1) is 9.74. The van der Waals surface area contributed by atoms with Crippen LogP contribution in [0.3, 0.4) is 0 Å². The summed E-state index contributed by atoms with van der Waals surface area (Å²) in [7, 11) is 0. The lowest BCUT2D eigenvalue weighted by Gasteiger charge is -2.23. The zero-order valence-corrected chi connectivity index (χ0v) is 11.6. The molecular weight excluding hydrogens is 250 g/mol. The van der Waals surface area contributed by atoms with E-state index in [1.54, 1.807) is 0 Å². The molecule has 2 aromatic rings. The fourth-order valence-electron chi connectivity index (χ4n) is 2.52. The van der Waals surface area contributed by atoms with Crippen LogP contribution in [0.2, 0.25) is 0 Å². The summed E-state index contributed by atoms with van der Waals surface area (Å²) in [6.45, 7) is 4.06. The normalized spacial score (nSPS) is 17.6. The van der Waals surface area contributed by atoms with E-state index in [1.165, 1.54) is 11.1 Å². The summed E-state index contributed by atoms with van der Waals surface area (Å²) in [5.74, 6) is 0.813. The van der Waals surface area contributed by atoms with Crippen molar-refractivity contribution >= 4 is 0 Å². The van der Waals surface area contributed by atoms with Gasteiger partial charge >= 0.3 is 0 Å². The van der Waals surface area contributed by atoms with Crippen molar-refractivity contribution in [3.05, 3.63) is 64.7 Å². The molecule has 0 radical (unpaired) electrons. The van der Waals surface area contributed by atoms with Gasteiger partial charge in [-0.2, -0.15) is 0 Å². The lowest BCUT2D eigenvalue weighted by Crippen LogP contribution is -2.27. The number of nitrogens with one attached hydrogen (secondary N) is 1. The van der Waals surface area contributed by atoms with E-state index < -0.39 is 6.10 Å². The highest BCUT2D eigenvalue weighted by atomic mass is 16.5. The molecular formula is C17H19NO2. The van der Waals surface area contributed by atoms with Crippen molar-refractivity contribution in [2.45, 2.75) is 26.2 Å². The largest absolute Gasteiger partial charge is 0.489 e. The number of aliphatic hydroxyl groups excluding tert-OH is 1. The second-order valence-corrected chi connectivity index (χ2v) is 5.22. The van der Waals surface area contributed by atoms with Gasteiger partial charge in [0.15, 0.2) is 0 Å². The summed E-state index contributed by atoms with van der Waals surface area (Å²) in [5.41, 5.74) is 4.54. The number of hydrogen-bond acceptors (Lipinski definition) is 3. The average molecular weight is 269 g/mol. The number of aryl methyl sites for hydroxylation is 1. The van der Waals surface area contributed by atoms with Crippen molar-refractivity contribution in [3.8, 4) is 5.75 Å². The van der Waals surface area contributed by atoms with Crippen LogP contribution in [0.25, 0.3) is 0 Å². The highest BCUT2D eigenvalue weighted by Gasteiger charge is 2.17. The van der Waals surface area contributed by atoms with E-state index in [0.29, 0.717) is 13.2 Å². The number of fused-ring (bicyclic) bond motifs is 1. The van der Waals surface area contributed by atoms with E-state index in [4.69, 9.17) is 4.74 Å². The van der Waals surface area contributed by atoms with Gasteiger partial charge in [0.05, 0.1) is 6.10 Å². The van der Waals surface area contributed by atoms with Gasteiger partial charge < -0.3 is 15.2 Å². The first-order valence-corrected chi connectivity index (χ1v) is 6.93. The summed E-state index contributed by atoms with van der Waals surface area (Å²) in [6.07, 6.45) is -0.444. The van der Waals surface area contributed by atoms with Gasteiger partial charge in [0.25, 0.3) is 0 Å². The van der Waals surface area contributed by atoms with Crippen molar-refractivity contribution < 1.29 is 9.84 Å². The van der Waals surface area contributed by atoms with Crippen molar-refractivity contribution in [2.24, 2.45) is 0 Å². The molecule has 1 atom stereocenters. The van der Waals surface area contributed by atoms with E-state index >= 15 is 0 Å². The Hall–Kier alpha value is -1.84. The Morgan fingerprint density at radius 2 is 2.10 bits per heavy atom. The number of hydrogen-bond donors (Lipinski definition) is 2. The van der Waals surface area contributed by atoms with Crippen LogP contribution >= 0.6 is 0 Å². The molecule has 0 saturated heterocycles. The maximum atomic E-state index is 10.00. The predicted octanol–water partition coefficient (Wildman–Crippen LogP) is 2.71. The molecule has 3 heteroatoms. The number of ether oxygens (including phenoxy) is 1. The molecule has 1 aliphatic rings. The maximum Gasteiger partial charge on any atom is 0.120 e. The Morgan fingerprint density at radius 1 is 1.25 bits per heavy atom. The Balaban J connectivity index is 1.75. The number of β-amino-alcohol motifs (C(OH)–C–C–N with tert-alkyl or cyclic N) is 1. The highest BCUT2D eigenvalue weighted by molar-refractivity contribution is 5.38. The van der Waals surface area contributed by atoms with E-state index in [9.17, 15) is 5.11 Å². The molecule has 0 aromatic heterocycles. The Labute approximate surface area is 119 Å². The number of benzene rings is 2. The van der Waals surface area contributed by atoms with Crippen molar-refractivity contribution in [1.82, 2.24) is 5.32 Å². The number of rotatable bonds is 3. The third-order valence-electron chi connectivity index (χ3n) is 3.79. The van der Waals surface area contributed by atoms with Gasteiger partial charge in [-0.05, 0) is 41.3 Å². The predicted molar refractivity (Wildman–Crippen MR) is 78.6 cm³/mol. The quantitative estimate of drug-likeness (QED) is 0.900. The zero-order valence-electron chi connectivity index (χ0n) is 11.6. The second-order valence-electron chi connectivity index (χ2n) is 5.22. The Morgan fingerprint density at radius 3 is 2.95 bits per heavy atom. The van der Waals surface area contributed by atoms with Crippen LogP contribution in [0.5, 0.6) is 5.75 Å². The molecule has 0 fully saturated rings. The molecule has 2 N–H and O–H groups in total. The fraction of sp³-hybridized carbons (Fsp3) is 0.294. The smallest absolute Gasteiger partial charge is 0.120 e. The van der Waals surface area contributed by atoms with Crippen molar-refractivity contribution in [3.63, 3.8) is 0 Å². The highest BCUT2D eigenvalue weighted by Crippen LogP contribution is 2.26. The molecule has 2 aromatic carbocycles. The van der Waals surface area contributed by atoms with Gasteiger partial charge in [0.1, 0.15) is 12.4 Å². The molecule has 0 bridgehead atoms. The molecule has 0 amide bonds. The third-order valence-corrected chi connectivity index (χ3v) is 3.79. The molecule has 0 saturated carbocycles. The summed E-state index contributed by atoms with van der Waals surface area (Å²) in [6, 6.07) is 14.2. The molecule has 104 valence electrons. The van der Waals surface area contributed by atoms with Crippen LogP contribution < -0.4 is 10.1 Å². The molecule has 1 unspecified atom stereocenters. The molecule has 1 aliphatic heterocycles. The summed E-state index contributed by atoms with van der Waals surface area (Å²) in [4.78, 5) is 0. The Kier molecular flexibility index (Phi) is 3.72. The van der Waals surface area contributed by atoms with Crippen LogP contribution in [-0.2, 0) is 13.2 Å². The standard InChI is InChI=1S/C17H19NO2/c1-12-4-2-3-5-14(12)11-20-15-7-6-13-9-18-10-17(19)16(13)8-15/h2-8,17-19H,9-11H2,1H3. The lowest BCUT2D eigenvalue weighted by atomic mass is 9.98. The minimum atomic E-state index is -0.444. The first kappa shape index (κ1) is 13.2. The molecule has 0 spiro atoms. The average Bonchev–Trinajstić information content (AvgIpc) is 2.47. The zero-order chi connectivity index (χ0) is 13.9. The fourth-order valence-corrected chi connectivity index (χ4v) is 2.52. The molecule has 1 heterocycles. The van der Waals surface area contributed by atoms with Gasteiger partial charge in [-0.15, -0.1) is 0 Å². The topological polar surface area (TPSA) is 41.5 Å². The third kappa shape index (κ3) is 2.69. The van der Waals surface area contributed by atoms with Gasteiger partial charge in [-0.25, -0.2) is 0 Å². The molecule has 0 aliphatic carbocycles. The molecule has 3 rings (SSSR count). The minimum Gasteiger partial charge on any atom is -0.489 e. The van der Waals surface area contributed by atoms with Crippen LogP contribution in [0.4, 0.5) is 0 Å². The van der Waals surface area contributed by atoms with Crippen molar-refractivity contribution in [1.29, 1.82) is 0 Å². The maximum absolute atomic E-state index is 10.00. The minimum absolute atomic E-state index is 0.444. The van der Waals surface area contributed by atoms with Gasteiger partial charge in [0.2, 0.25) is 0 Å². The second kappa shape index (κ2) is 5.65. The lowest BCUT2D eigenvalue weighted by molar-refractivity contribution is 0.164. The van der Waals surface area contributed by atoms with Crippen molar-refractivity contribution in [2.75, 3.05) is 6.54 Å². The monoisotopic (exact) mass is 269 g/mol. The van der Waals surface area contributed by atoms with Crippen LogP contribution in [0.15, 0.2) is 42.5 Å². The van der Waals surface area contributed by atoms with Crippen LogP contribution in [-0.4, -0.2) is 11.7 Å². The van der Waals surface area contributed by atoms with E-state index in [0.717, 1.165) is 23.4 Å².